The van der Waals surface area contributed by atoms with Gasteiger partial charge in [-0.25, -0.2) is 0 Å². The van der Waals surface area contributed by atoms with Gasteiger partial charge in [-0.2, -0.15) is 13.2 Å². The third-order valence-electron chi connectivity index (χ3n) is 3.56. The molecule has 1 amide bonds. The van der Waals surface area contributed by atoms with Crippen LogP contribution in [0.2, 0.25) is 10.0 Å². The molecule has 1 aromatic rings. The van der Waals surface area contributed by atoms with Crippen LogP contribution in [0.5, 0.6) is 0 Å². The van der Waals surface area contributed by atoms with Gasteiger partial charge >= 0.3 is 6.18 Å². The summed E-state index contributed by atoms with van der Waals surface area (Å²) in [4.78, 5) is 13.5. The first-order chi connectivity index (χ1) is 10.3. The van der Waals surface area contributed by atoms with Crippen LogP contribution in [0.4, 0.5) is 18.9 Å². The summed E-state index contributed by atoms with van der Waals surface area (Å²) >= 11 is 11.8. The molecule has 1 aromatic carbocycles. The highest BCUT2D eigenvalue weighted by molar-refractivity contribution is 6.43. The van der Waals surface area contributed by atoms with Crippen LogP contribution in [0.3, 0.4) is 0 Å². The number of piperidine rings is 1. The fourth-order valence-electron chi connectivity index (χ4n) is 2.46. The summed E-state index contributed by atoms with van der Waals surface area (Å²) in [5.41, 5.74) is 0.351. The van der Waals surface area contributed by atoms with E-state index in [1.807, 2.05) is 0 Å². The Morgan fingerprint density at radius 3 is 2.77 bits per heavy atom. The lowest BCUT2D eigenvalue weighted by atomic mass is 9.97. The molecule has 1 fully saturated rings. The van der Waals surface area contributed by atoms with Crippen molar-refractivity contribution in [1.29, 1.82) is 0 Å². The van der Waals surface area contributed by atoms with Gasteiger partial charge in [-0.1, -0.05) is 29.3 Å². The number of halogens is 5. The number of likely N-dealkylation sites (tertiary alicyclic amines) is 1. The minimum atomic E-state index is -4.22. The molecule has 1 aliphatic rings. The maximum Gasteiger partial charge on any atom is 0.393 e. The molecule has 22 heavy (non-hydrogen) atoms. The third kappa shape index (κ3) is 4.51. The van der Waals surface area contributed by atoms with Gasteiger partial charge in [-0.3, -0.25) is 9.69 Å². The molecule has 1 unspecified atom stereocenters. The van der Waals surface area contributed by atoms with E-state index in [0.717, 1.165) is 0 Å². The van der Waals surface area contributed by atoms with E-state index in [0.29, 0.717) is 23.7 Å². The van der Waals surface area contributed by atoms with E-state index in [1.165, 1.54) is 4.90 Å². The number of nitrogens with one attached hydrogen (secondary N) is 1. The Balaban J connectivity index is 1.93. The average molecular weight is 355 g/mol. The van der Waals surface area contributed by atoms with Crippen molar-refractivity contribution in [3.63, 3.8) is 0 Å². The van der Waals surface area contributed by atoms with Crippen molar-refractivity contribution in [3.05, 3.63) is 28.2 Å². The fraction of sp³-hybridized carbons (Fsp3) is 0.500. The minimum absolute atomic E-state index is 0.102. The molecule has 0 bridgehead atoms. The van der Waals surface area contributed by atoms with Gasteiger partial charge in [-0.15, -0.1) is 0 Å². The lowest BCUT2D eigenvalue weighted by Gasteiger charge is -2.33. The summed E-state index contributed by atoms with van der Waals surface area (Å²) in [6.07, 6.45) is -3.68. The maximum atomic E-state index is 12.7. The molecule has 122 valence electrons. The highest BCUT2D eigenvalue weighted by Crippen LogP contribution is 2.33. The van der Waals surface area contributed by atoms with Gasteiger partial charge in [-0.05, 0) is 31.5 Å². The number of hydrogen-bond acceptors (Lipinski definition) is 2. The monoisotopic (exact) mass is 354 g/mol. The van der Waals surface area contributed by atoms with Gasteiger partial charge in [0, 0.05) is 6.54 Å². The van der Waals surface area contributed by atoms with E-state index in [1.54, 1.807) is 18.2 Å². The summed E-state index contributed by atoms with van der Waals surface area (Å²) < 4.78 is 38.2. The first kappa shape index (κ1) is 17.4. The van der Waals surface area contributed by atoms with E-state index in [9.17, 15) is 18.0 Å². The first-order valence-electron chi connectivity index (χ1n) is 6.80. The van der Waals surface area contributed by atoms with E-state index in [4.69, 9.17) is 23.2 Å². The summed E-state index contributed by atoms with van der Waals surface area (Å²) in [7, 11) is 0. The molecule has 0 saturated carbocycles. The van der Waals surface area contributed by atoms with Gasteiger partial charge < -0.3 is 5.32 Å². The Labute approximate surface area is 136 Å². The second-order valence-electron chi connectivity index (χ2n) is 5.27. The predicted molar refractivity (Wildman–Crippen MR) is 80.3 cm³/mol. The first-order valence-corrected chi connectivity index (χ1v) is 7.56. The number of alkyl halides is 3. The molecule has 8 heteroatoms. The molecular formula is C14H15Cl2F3N2O. The predicted octanol–water partition coefficient (Wildman–Crippen LogP) is 4.21. The molecule has 0 radical (unpaired) electrons. The van der Waals surface area contributed by atoms with Gasteiger partial charge in [0.2, 0.25) is 5.91 Å². The number of hydrogen-bond donors (Lipinski definition) is 1. The van der Waals surface area contributed by atoms with Crippen molar-refractivity contribution in [2.24, 2.45) is 5.92 Å². The number of carbonyl (C=O) groups excluding carboxylic acids is 1. The van der Waals surface area contributed by atoms with Crippen molar-refractivity contribution in [2.75, 3.05) is 25.0 Å². The van der Waals surface area contributed by atoms with Crippen molar-refractivity contribution < 1.29 is 18.0 Å². The fourth-order valence-corrected chi connectivity index (χ4v) is 2.81. The molecule has 1 aliphatic heterocycles. The largest absolute Gasteiger partial charge is 0.393 e. The summed E-state index contributed by atoms with van der Waals surface area (Å²) in [5, 5.41) is 3.09. The van der Waals surface area contributed by atoms with Crippen LogP contribution >= 0.6 is 23.2 Å². The zero-order valence-corrected chi connectivity index (χ0v) is 13.1. The number of rotatable bonds is 3. The van der Waals surface area contributed by atoms with Crippen molar-refractivity contribution in [3.8, 4) is 0 Å². The summed E-state index contributed by atoms with van der Waals surface area (Å²) in [6.45, 7) is 0.221. The second kappa shape index (κ2) is 7.06. The van der Waals surface area contributed by atoms with E-state index in [2.05, 4.69) is 5.32 Å². The van der Waals surface area contributed by atoms with Crippen LogP contribution in [0.25, 0.3) is 0 Å². The molecular weight excluding hydrogens is 340 g/mol. The quantitative estimate of drug-likeness (QED) is 0.881. The molecule has 2 rings (SSSR count). The van der Waals surface area contributed by atoms with E-state index >= 15 is 0 Å². The lowest BCUT2D eigenvalue weighted by Crippen LogP contribution is -2.44. The molecule has 0 aromatic heterocycles. The number of carbonyl (C=O) groups is 1. The van der Waals surface area contributed by atoms with E-state index < -0.39 is 18.0 Å². The zero-order valence-electron chi connectivity index (χ0n) is 11.6. The Morgan fingerprint density at radius 1 is 1.36 bits per heavy atom. The van der Waals surface area contributed by atoms with Gasteiger partial charge in [0.05, 0.1) is 28.2 Å². The molecule has 1 saturated heterocycles. The minimum Gasteiger partial charge on any atom is -0.324 e. The third-order valence-corrected chi connectivity index (χ3v) is 4.38. The van der Waals surface area contributed by atoms with Crippen LogP contribution in [-0.2, 0) is 4.79 Å². The summed E-state index contributed by atoms with van der Waals surface area (Å²) in [6, 6.07) is 4.79. The smallest absolute Gasteiger partial charge is 0.324 e. The number of amides is 1. The molecule has 1 atom stereocenters. The Bertz CT molecular complexity index is 551. The number of nitrogens with zero attached hydrogens (tertiary/aromatic N) is 1. The highest BCUT2D eigenvalue weighted by Gasteiger charge is 2.41. The molecule has 0 aliphatic carbocycles. The Kier molecular flexibility index (Phi) is 5.58. The van der Waals surface area contributed by atoms with Crippen LogP contribution < -0.4 is 5.32 Å². The van der Waals surface area contributed by atoms with Crippen LogP contribution in [0.15, 0.2) is 18.2 Å². The standard InChI is InChI=1S/C14H15Cl2F3N2O/c15-10-4-1-5-11(13(10)16)20-12(22)8-21-6-2-3-9(7-21)14(17,18)19/h1,4-5,9H,2-3,6-8H2,(H,20,22). The highest BCUT2D eigenvalue weighted by atomic mass is 35.5. The number of anilines is 1. The summed E-state index contributed by atoms with van der Waals surface area (Å²) in [5.74, 6) is -1.78. The van der Waals surface area contributed by atoms with Crippen molar-refractivity contribution in [1.82, 2.24) is 4.90 Å². The average Bonchev–Trinajstić information content (AvgIpc) is 2.43. The second-order valence-corrected chi connectivity index (χ2v) is 6.05. The van der Waals surface area contributed by atoms with Crippen LogP contribution in [0, 0.1) is 5.92 Å². The number of benzene rings is 1. The molecule has 3 nitrogen and oxygen atoms in total. The molecule has 1 N–H and O–H groups in total. The van der Waals surface area contributed by atoms with E-state index in [-0.39, 0.29) is 24.5 Å². The van der Waals surface area contributed by atoms with Crippen molar-refractivity contribution in [2.45, 2.75) is 19.0 Å². The van der Waals surface area contributed by atoms with Gasteiger partial charge in [0.25, 0.3) is 0 Å². The van der Waals surface area contributed by atoms with Gasteiger partial charge in [0.1, 0.15) is 0 Å². The zero-order chi connectivity index (χ0) is 16.3. The SMILES string of the molecule is O=C(CN1CCCC(C(F)(F)F)C1)Nc1cccc(Cl)c1Cl. The van der Waals surface area contributed by atoms with Gasteiger partial charge in [0.15, 0.2) is 0 Å². The molecule has 0 spiro atoms. The normalized spacial score (nSPS) is 20.0. The van der Waals surface area contributed by atoms with Crippen LogP contribution in [-0.4, -0.2) is 36.6 Å². The lowest BCUT2D eigenvalue weighted by molar-refractivity contribution is -0.186. The Hall–Kier alpha value is -0.980. The topological polar surface area (TPSA) is 32.3 Å². The molecule has 1 heterocycles. The van der Waals surface area contributed by atoms with Crippen molar-refractivity contribution >= 4 is 34.8 Å². The Morgan fingerprint density at radius 2 is 2.09 bits per heavy atom. The maximum absolute atomic E-state index is 12.7. The van der Waals surface area contributed by atoms with Crippen LogP contribution in [0.1, 0.15) is 12.8 Å².